The molecule has 4 N–H and O–H groups in total. The number of rotatable bonds is 5. The number of anilines is 1. The van der Waals surface area contributed by atoms with E-state index in [2.05, 4.69) is 29.0 Å². The van der Waals surface area contributed by atoms with Crippen molar-refractivity contribution in [3.63, 3.8) is 0 Å². The van der Waals surface area contributed by atoms with E-state index in [1.165, 1.54) is 0 Å². The molecule has 0 fully saturated rings. The topological polar surface area (TPSA) is 112 Å². The summed E-state index contributed by atoms with van der Waals surface area (Å²) in [5.74, 6) is 1.68. The molecule has 0 aromatic carbocycles. The first kappa shape index (κ1) is 18.9. The van der Waals surface area contributed by atoms with Crippen LogP contribution in [0.25, 0.3) is 0 Å². The van der Waals surface area contributed by atoms with Crippen molar-refractivity contribution in [2.75, 3.05) is 18.4 Å². The van der Waals surface area contributed by atoms with Crippen molar-refractivity contribution >= 4 is 17.4 Å². The Morgan fingerprint density at radius 2 is 1.95 bits per heavy atom. The Labute approximate surface area is 124 Å². The Kier molecular flexibility index (Phi) is 9.23. The van der Waals surface area contributed by atoms with Crippen LogP contribution in [0.5, 0.6) is 0 Å². The minimum absolute atomic E-state index is 0.802. The summed E-state index contributed by atoms with van der Waals surface area (Å²) in [6, 6.07) is 5.72. The molecule has 7 nitrogen and oxygen atoms in total. The van der Waals surface area contributed by atoms with Gasteiger partial charge < -0.3 is 10.2 Å². The maximum absolute atomic E-state index is 8.83. The van der Waals surface area contributed by atoms with Gasteiger partial charge in [-0.25, -0.2) is 4.98 Å². The van der Waals surface area contributed by atoms with Gasteiger partial charge in [-0.15, -0.1) is 0 Å². The van der Waals surface area contributed by atoms with Crippen molar-refractivity contribution in [1.29, 1.82) is 0 Å². The van der Waals surface area contributed by atoms with Gasteiger partial charge in [0.15, 0.2) is 0 Å². The zero-order chi connectivity index (χ0) is 15.6. The Balaban J connectivity index is 0.000000621. The molecule has 1 aromatic heterocycles. The second-order valence-corrected chi connectivity index (χ2v) is 4.53. The molecular weight excluding hydrogens is 309 g/mol. The van der Waals surface area contributed by atoms with Gasteiger partial charge in [-0.3, -0.25) is 0 Å². The van der Waals surface area contributed by atoms with Gasteiger partial charge in [0.1, 0.15) is 11.6 Å². The van der Waals surface area contributed by atoms with E-state index in [1.807, 2.05) is 18.2 Å². The third-order valence-corrected chi connectivity index (χ3v) is 2.34. The van der Waals surface area contributed by atoms with Crippen LogP contribution in [-0.4, -0.2) is 37.0 Å². The average Bonchev–Trinajstić information content (AvgIpc) is 2.38. The van der Waals surface area contributed by atoms with E-state index in [0.29, 0.717) is 0 Å². The summed E-state index contributed by atoms with van der Waals surface area (Å²) in [6.45, 7) is 6.00. The summed E-state index contributed by atoms with van der Waals surface area (Å²) < 4.78 is 30.2. The summed E-state index contributed by atoms with van der Waals surface area (Å²) in [4.78, 5) is 6.31. The van der Waals surface area contributed by atoms with Crippen molar-refractivity contribution in [2.24, 2.45) is 0 Å². The van der Waals surface area contributed by atoms with E-state index < -0.39 is 10.2 Å². The first-order chi connectivity index (χ1) is 9.31. The number of aromatic nitrogens is 1. The summed E-state index contributed by atoms with van der Waals surface area (Å²) in [5.41, 5.74) is 1.54. The molecular formula is C11H19Cl2N3O4. The number of hydrogen-bond acceptors (Lipinski definition) is 7. The number of nitrogens with zero attached hydrogens (tertiary/aromatic N) is 2. The molecule has 0 aliphatic rings. The van der Waals surface area contributed by atoms with Gasteiger partial charge in [0.25, 0.3) is 0 Å². The second-order valence-electron chi connectivity index (χ2n) is 3.44. The van der Waals surface area contributed by atoms with Crippen LogP contribution in [0.1, 0.15) is 13.8 Å². The fourth-order valence-electron chi connectivity index (χ4n) is 1.31. The van der Waals surface area contributed by atoms with Crippen molar-refractivity contribution in [1.82, 2.24) is 9.88 Å². The quantitative estimate of drug-likeness (QED) is 0.602. The Morgan fingerprint density at radius 3 is 2.30 bits per heavy atom. The molecule has 1 heterocycles. The molecule has 116 valence electrons. The number of hydrogen-bond donors (Lipinski definition) is 4. The molecule has 0 bridgehead atoms. The third kappa shape index (κ3) is 9.79. The molecule has 9 heteroatoms. The first-order valence-corrected chi connectivity index (χ1v) is 7.47. The third-order valence-electron chi connectivity index (χ3n) is 2.13. The predicted octanol–water partition coefficient (Wildman–Crippen LogP) is 0.0130. The summed E-state index contributed by atoms with van der Waals surface area (Å²) in [5, 5.41) is 3.17. The van der Waals surface area contributed by atoms with Gasteiger partial charge in [0.05, 0.1) is 0 Å². The van der Waals surface area contributed by atoms with Crippen LogP contribution in [-0.2, 0) is 0 Å². The molecule has 0 radical (unpaired) electrons. The van der Waals surface area contributed by atoms with Gasteiger partial charge >= 0.3 is 28.9 Å². The number of pyridine rings is 1. The van der Waals surface area contributed by atoms with E-state index in [4.69, 9.17) is 30.2 Å². The van der Waals surface area contributed by atoms with Gasteiger partial charge in [-0.1, -0.05) is 17.7 Å². The van der Waals surface area contributed by atoms with Crippen molar-refractivity contribution in [3.8, 4) is 0 Å². The molecule has 1 rings (SSSR count). The van der Waals surface area contributed by atoms with Crippen LogP contribution in [0.3, 0.4) is 0 Å². The fourth-order valence-corrected chi connectivity index (χ4v) is 1.50. The Hall–Kier alpha value is -1.09. The molecule has 0 saturated heterocycles. The van der Waals surface area contributed by atoms with Crippen LogP contribution < -0.4 is 9.98 Å². The van der Waals surface area contributed by atoms with Crippen LogP contribution in [0, 0.1) is 10.2 Å². The number of nitrogens with one attached hydrogen (secondary N) is 1. The van der Waals surface area contributed by atoms with E-state index in [0.717, 1.165) is 24.7 Å². The Morgan fingerprint density at radius 1 is 1.40 bits per heavy atom. The summed E-state index contributed by atoms with van der Waals surface area (Å²) >= 11 is 5.78. The van der Waals surface area contributed by atoms with Gasteiger partial charge in [-0.2, -0.15) is 0 Å². The van der Waals surface area contributed by atoms with Gasteiger partial charge in [0, 0.05) is 24.8 Å². The molecule has 0 spiro atoms. The summed E-state index contributed by atoms with van der Waals surface area (Å²) in [6.07, 6.45) is 1.75. The van der Waals surface area contributed by atoms with Crippen LogP contribution in [0.2, 0.25) is 0 Å². The van der Waals surface area contributed by atoms with E-state index in [-0.39, 0.29) is 0 Å². The second kappa shape index (κ2) is 9.76. The molecule has 0 aliphatic carbocycles. The number of halogens is 2. The SMILES string of the molecule is CCN(CC)/C(=C\Cl)Nc1ccccn1.[O-][Cl+](O)(O)O. The van der Waals surface area contributed by atoms with E-state index >= 15 is 0 Å². The maximum atomic E-state index is 8.83. The van der Waals surface area contributed by atoms with Crippen LogP contribution in [0.4, 0.5) is 5.82 Å². The Bertz CT molecular complexity index is 388. The average molecular weight is 328 g/mol. The minimum atomic E-state index is -4.19. The van der Waals surface area contributed by atoms with Gasteiger partial charge in [0.2, 0.25) is 0 Å². The normalized spacial score (nSPS) is 12.2. The molecule has 1 aromatic rings. The molecule has 0 amide bonds. The summed E-state index contributed by atoms with van der Waals surface area (Å²) in [7, 11) is -4.19. The molecule has 0 unspecified atom stereocenters. The van der Waals surface area contributed by atoms with E-state index in [1.54, 1.807) is 11.7 Å². The zero-order valence-electron chi connectivity index (χ0n) is 11.2. The zero-order valence-corrected chi connectivity index (χ0v) is 12.7. The standard InChI is InChI=1S/C11H16ClN3.ClH3O4/c1-3-15(4-2)11(9-12)14-10-7-5-6-8-13-10;2-1(3,4)5/h5-9H,3-4H2,1-2H3,(H,13,14);2-4H/b11-9-;. The molecule has 20 heavy (non-hydrogen) atoms. The predicted molar refractivity (Wildman–Crippen MR) is 71.4 cm³/mol. The molecule has 0 aliphatic heterocycles. The first-order valence-electron chi connectivity index (χ1n) is 5.71. The van der Waals surface area contributed by atoms with Gasteiger partial charge in [-0.05, 0) is 26.0 Å². The van der Waals surface area contributed by atoms with Crippen molar-refractivity contribution < 1.29 is 28.9 Å². The molecule has 0 atom stereocenters. The monoisotopic (exact) mass is 327 g/mol. The van der Waals surface area contributed by atoms with Crippen molar-refractivity contribution in [3.05, 3.63) is 35.8 Å². The van der Waals surface area contributed by atoms with Crippen molar-refractivity contribution in [2.45, 2.75) is 13.8 Å². The van der Waals surface area contributed by atoms with Crippen LogP contribution >= 0.6 is 11.6 Å². The van der Waals surface area contributed by atoms with E-state index in [9.17, 15) is 0 Å². The van der Waals surface area contributed by atoms with Crippen LogP contribution in [0.15, 0.2) is 35.8 Å². The fraction of sp³-hybridized carbons (Fsp3) is 0.364. The molecule has 0 saturated carbocycles.